The van der Waals surface area contributed by atoms with E-state index in [1.807, 2.05) is 32.9 Å². The van der Waals surface area contributed by atoms with E-state index >= 15 is 0 Å². The molecule has 3 N–H and O–H groups in total. The van der Waals surface area contributed by atoms with Crippen LogP contribution in [0.5, 0.6) is 0 Å². The molecule has 0 aliphatic carbocycles. The highest BCUT2D eigenvalue weighted by atomic mass is 35.5. The second kappa shape index (κ2) is 8.28. The average Bonchev–Trinajstić information content (AvgIpc) is 2.16. The van der Waals surface area contributed by atoms with Crippen molar-refractivity contribution in [1.82, 2.24) is 4.98 Å². The molecule has 0 aliphatic heterocycles. The molecule has 0 radical (unpaired) electrons. The SMILES string of the molecule is Cc1cccc(NC(=O)C(N)C(C)C)n1.Cl.Cl. The molecule has 1 heterocycles. The van der Waals surface area contributed by atoms with Gasteiger partial charge in [-0.3, -0.25) is 4.79 Å². The van der Waals surface area contributed by atoms with Gasteiger partial charge in [-0.1, -0.05) is 19.9 Å². The molecule has 1 aromatic heterocycles. The van der Waals surface area contributed by atoms with Crippen LogP contribution in [0.15, 0.2) is 18.2 Å². The van der Waals surface area contributed by atoms with Crippen molar-refractivity contribution in [2.24, 2.45) is 11.7 Å². The number of carbonyl (C=O) groups excluding carboxylic acids is 1. The zero-order valence-corrected chi connectivity index (χ0v) is 11.8. The van der Waals surface area contributed by atoms with Crippen molar-refractivity contribution in [2.75, 3.05) is 5.32 Å². The van der Waals surface area contributed by atoms with Crippen molar-refractivity contribution in [3.05, 3.63) is 23.9 Å². The first kappa shape index (κ1) is 18.5. The molecule has 6 heteroatoms. The Labute approximate surface area is 114 Å². The topological polar surface area (TPSA) is 68.0 Å². The smallest absolute Gasteiger partial charge is 0.242 e. The van der Waals surface area contributed by atoms with Gasteiger partial charge in [0, 0.05) is 5.69 Å². The Bertz CT molecular complexity index is 358. The highest BCUT2D eigenvalue weighted by molar-refractivity contribution is 5.94. The van der Waals surface area contributed by atoms with Gasteiger partial charge in [0.2, 0.25) is 5.91 Å². The third-order valence-electron chi connectivity index (χ3n) is 2.16. The molecule has 0 fully saturated rings. The number of nitrogens with one attached hydrogen (secondary N) is 1. The molecule has 98 valence electrons. The number of aryl methyl sites for hydroxylation is 1. The number of aromatic nitrogens is 1. The molecule has 0 aliphatic rings. The summed E-state index contributed by atoms with van der Waals surface area (Å²) in [5.74, 6) is 0.481. The van der Waals surface area contributed by atoms with Gasteiger partial charge in [-0.2, -0.15) is 0 Å². The second-order valence-electron chi connectivity index (χ2n) is 3.92. The van der Waals surface area contributed by atoms with Crippen molar-refractivity contribution < 1.29 is 4.79 Å². The molecular formula is C11H19Cl2N3O. The van der Waals surface area contributed by atoms with E-state index in [0.717, 1.165) is 5.69 Å². The van der Waals surface area contributed by atoms with Gasteiger partial charge in [0.05, 0.1) is 6.04 Å². The maximum absolute atomic E-state index is 11.6. The third-order valence-corrected chi connectivity index (χ3v) is 2.16. The summed E-state index contributed by atoms with van der Waals surface area (Å²) in [7, 11) is 0. The van der Waals surface area contributed by atoms with Crippen molar-refractivity contribution in [3.63, 3.8) is 0 Å². The number of anilines is 1. The number of pyridine rings is 1. The predicted octanol–water partition coefficient (Wildman–Crippen LogP) is 2.16. The molecule has 0 aromatic carbocycles. The summed E-state index contributed by atoms with van der Waals surface area (Å²) in [6.45, 7) is 5.69. The van der Waals surface area contributed by atoms with Gasteiger partial charge in [-0.15, -0.1) is 24.8 Å². The van der Waals surface area contributed by atoms with Crippen molar-refractivity contribution in [1.29, 1.82) is 0 Å². The van der Waals surface area contributed by atoms with E-state index in [2.05, 4.69) is 10.3 Å². The minimum absolute atomic E-state index is 0. The number of nitrogens with two attached hydrogens (primary N) is 1. The lowest BCUT2D eigenvalue weighted by Gasteiger charge is -2.14. The fraction of sp³-hybridized carbons (Fsp3) is 0.455. The molecule has 0 bridgehead atoms. The van der Waals surface area contributed by atoms with E-state index in [1.165, 1.54) is 0 Å². The number of carbonyl (C=O) groups is 1. The van der Waals surface area contributed by atoms with Gasteiger partial charge in [-0.05, 0) is 25.0 Å². The monoisotopic (exact) mass is 279 g/mol. The van der Waals surface area contributed by atoms with E-state index in [1.54, 1.807) is 6.07 Å². The van der Waals surface area contributed by atoms with E-state index in [9.17, 15) is 4.79 Å². The lowest BCUT2D eigenvalue weighted by Crippen LogP contribution is -2.39. The van der Waals surface area contributed by atoms with Gasteiger partial charge in [0.15, 0.2) is 0 Å². The number of nitrogens with zero attached hydrogens (tertiary/aromatic N) is 1. The first-order valence-electron chi connectivity index (χ1n) is 5.01. The van der Waals surface area contributed by atoms with Crippen LogP contribution >= 0.6 is 24.8 Å². The maximum Gasteiger partial charge on any atom is 0.242 e. The molecular weight excluding hydrogens is 261 g/mol. The molecule has 0 saturated heterocycles. The minimum atomic E-state index is -0.493. The number of halogens is 2. The summed E-state index contributed by atoms with van der Waals surface area (Å²) in [4.78, 5) is 15.8. The first-order chi connectivity index (χ1) is 7.00. The summed E-state index contributed by atoms with van der Waals surface area (Å²) in [6, 6.07) is 4.97. The predicted molar refractivity (Wildman–Crippen MR) is 74.9 cm³/mol. The van der Waals surface area contributed by atoms with Crippen LogP contribution in [0.3, 0.4) is 0 Å². The van der Waals surface area contributed by atoms with Crippen LogP contribution in [0, 0.1) is 12.8 Å². The van der Waals surface area contributed by atoms with E-state index < -0.39 is 6.04 Å². The van der Waals surface area contributed by atoms with Crippen LogP contribution < -0.4 is 11.1 Å². The molecule has 1 rings (SSSR count). The summed E-state index contributed by atoms with van der Waals surface area (Å²) >= 11 is 0. The van der Waals surface area contributed by atoms with Crippen molar-refractivity contribution >= 4 is 36.5 Å². The van der Waals surface area contributed by atoms with Gasteiger partial charge in [0.25, 0.3) is 0 Å². The highest BCUT2D eigenvalue weighted by Crippen LogP contribution is 2.06. The minimum Gasteiger partial charge on any atom is -0.320 e. The average molecular weight is 280 g/mol. The fourth-order valence-electron chi connectivity index (χ4n) is 1.12. The Morgan fingerprint density at radius 1 is 1.35 bits per heavy atom. The number of amides is 1. The van der Waals surface area contributed by atoms with Crippen LogP contribution in [0.25, 0.3) is 0 Å². The summed E-state index contributed by atoms with van der Waals surface area (Å²) in [5.41, 5.74) is 6.57. The van der Waals surface area contributed by atoms with Gasteiger partial charge >= 0.3 is 0 Å². The number of hydrogen-bond donors (Lipinski definition) is 2. The largest absolute Gasteiger partial charge is 0.320 e. The standard InChI is InChI=1S/C11H17N3O.2ClH/c1-7(2)10(12)11(15)14-9-6-4-5-8(3)13-9;;/h4-7,10H,12H2,1-3H3,(H,13,14,15);2*1H. The fourth-order valence-corrected chi connectivity index (χ4v) is 1.12. The van der Waals surface area contributed by atoms with Gasteiger partial charge in [-0.25, -0.2) is 4.98 Å². The first-order valence-corrected chi connectivity index (χ1v) is 5.01. The zero-order valence-electron chi connectivity index (χ0n) is 10.1. The lowest BCUT2D eigenvalue weighted by molar-refractivity contribution is -0.118. The molecule has 1 unspecified atom stereocenters. The molecule has 0 spiro atoms. The van der Waals surface area contributed by atoms with Crippen molar-refractivity contribution in [2.45, 2.75) is 26.8 Å². The van der Waals surface area contributed by atoms with Gasteiger partial charge < -0.3 is 11.1 Å². The number of hydrogen-bond acceptors (Lipinski definition) is 3. The Hall–Kier alpha value is -0.840. The molecule has 17 heavy (non-hydrogen) atoms. The third kappa shape index (κ3) is 5.86. The summed E-state index contributed by atoms with van der Waals surface area (Å²) in [6.07, 6.45) is 0. The van der Waals surface area contributed by atoms with Crippen LogP contribution in [-0.2, 0) is 4.79 Å². The molecule has 1 atom stereocenters. The lowest BCUT2D eigenvalue weighted by atomic mass is 10.1. The normalized spacial score (nSPS) is 11.1. The molecule has 1 aromatic rings. The van der Waals surface area contributed by atoms with Crippen LogP contribution in [0.1, 0.15) is 19.5 Å². The maximum atomic E-state index is 11.6. The second-order valence-corrected chi connectivity index (χ2v) is 3.92. The summed E-state index contributed by atoms with van der Waals surface area (Å²) < 4.78 is 0. The van der Waals surface area contributed by atoms with E-state index in [-0.39, 0.29) is 36.6 Å². The van der Waals surface area contributed by atoms with Crippen molar-refractivity contribution in [3.8, 4) is 0 Å². The highest BCUT2D eigenvalue weighted by Gasteiger charge is 2.17. The van der Waals surface area contributed by atoms with Crippen LogP contribution in [0.4, 0.5) is 5.82 Å². The number of rotatable bonds is 3. The Balaban J connectivity index is 0. The van der Waals surface area contributed by atoms with E-state index in [4.69, 9.17) is 5.73 Å². The Kier molecular flexibility index (Phi) is 9.02. The van der Waals surface area contributed by atoms with Crippen LogP contribution in [0.2, 0.25) is 0 Å². The van der Waals surface area contributed by atoms with E-state index in [0.29, 0.717) is 5.82 Å². The van der Waals surface area contributed by atoms with Gasteiger partial charge in [0.1, 0.15) is 5.82 Å². The Morgan fingerprint density at radius 2 is 1.94 bits per heavy atom. The molecule has 1 amide bonds. The molecule has 0 saturated carbocycles. The quantitative estimate of drug-likeness (QED) is 0.891. The zero-order chi connectivity index (χ0) is 11.4. The van der Waals surface area contributed by atoms with Crippen LogP contribution in [-0.4, -0.2) is 16.9 Å². The molecule has 4 nitrogen and oxygen atoms in total. The summed E-state index contributed by atoms with van der Waals surface area (Å²) in [5, 5.41) is 2.69. The Morgan fingerprint density at radius 3 is 2.41 bits per heavy atom.